The van der Waals surface area contributed by atoms with Crippen molar-refractivity contribution in [3.05, 3.63) is 34.9 Å². The lowest BCUT2D eigenvalue weighted by atomic mass is 10.0. The van der Waals surface area contributed by atoms with Gasteiger partial charge in [0.1, 0.15) is 0 Å². The molecule has 0 aliphatic heterocycles. The Morgan fingerprint density at radius 2 is 1.94 bits per heavy atom. The fourth-order valence-corrected chi connectivity index (χ4v) is 2.54. The zero-order valence-corrected chi connectivity index (χ0v) is 11.5. The van der Waals surface area contributed by atoms with Crippen LogP contribution in [0.3, 0.4) is 0 Å². The normalized spacial score (nSPS) is 17.7. The fourth-order valence-electron chi connectivity index (χ4n) is 2.01. The fraction of sp³-hybridized carbons (Fsp3) is 0.500. The third-order valence-corrected chi connectivity index (χ3v) is 4.10. The highest BCUT2D eigenvalue weighted by Gasteiger charge is 2.31. The summed E-state index contributed by atoms with van der Waals surface area (Å²) in [5.74, 6) is 0.552. The molecule has 0 spiro atoms. The van der Waals surface area contributed by atoms with E-state index in [2.05, 4.69) is 5.32 Å². The molecule has 1 unspecified atom stereocenters. The van der Waals surface area contributed by atoms with Gasteiger partial charge in [0.15, 0.2) is 0 Å². The average molecular weight is 289 g/mol. The number of hydrogen-bond donors (Lipinski definition) is 2. The summed E-state index contributed by atoms with van der Waals surface area (Å²) in [7, 11) is -3.40. The Morgan fingerprint density at radius 3 is 2.44 bits per heavy atom. The molecule has 1 atom stereocenters. The van der Waals surface area contributed by atoms with Gasteiger partial charge in [0.2, 0.25) is 10.0 Å². The van der Waals surface area contributed by atoms with Gasteiger partial charge in [-0.3, -0.25) is 0 Å². The molecule has 1 aliphatic rings. The van der Waals surface area contributed by atoms with Crippen molar-refractivity contribution in [3.63, 3.8) is 0 Å². The van der Waals surface area contributed by atoms with E-state index in [9.17, 15) is 8.42 Å². The van der Waals surface area contributed by atoms with Crippen molar-refractivity contribution in [1.29, 1.82) is 0 Å². The Balaban J connectivity index is 1.98. The van der Waals surface area contributed by atoms with E-state index in [1.165, 1.54) is 12.8 Å². The molecule has 0 bridgehead atoms. The predicted octanol–water partition coefficient (Wildman–Crippen LogP) is 1.67. The first-order valence-electron chi connectivity index (χ1n) is 5.95. The molecule has 1 saturated carbocycles. The van der Waals surface area contributed by atoms with Gasteiger partial charge >= 0.3 is 0 Å². The first kappa shape index (κ1) is 13.8. The quantitative estimate of drug-likeness (QED) is 0.836. The molecule has 4 nitrogen and oxygen atoms in total. The number of nitrogens with two attached hydrogens (primary N) is 1. The minimum absolute atomic E-state index is 0.0379. The van der Waals surface area contributed by atoms with Crippen molar-refractivity contribution in [2.45, 2.75) is 18.9 Å². The molecule has 1 aliphatic carbocycles. The van der Waals surface area contributed by atoms with E-state index in [0.29, 0.717) is 17.5 Å². The van der Waals surface area contributed by atoms with Gasteiger partial charge < -0.3 is 5.32 Å². The Morgan fingerprint density at radius 1 is 1.33 bits per heavy atom. The summed E-state index contributed by atoms with van der Waals surface area (Å²) in [6.07, 6.45) is 2.35. The molecule has 2 rings (SSSR count). The van der Waals surface area contributed by atoms with Crippen LogP contribution in [-0.4, -0.2) is 20.7 Å². The Kier molecular flexibility index (Phi) is 4.27. The van der Waals surface area contributed by atoms with E-state index < -0.39 is 10.0 Å². The lowest BCUT2D eigenvalue weighted by Crippen LogP contribution is -2.31. The molecule has 0 amide bonds. The number of halogens is 1. The minimum atomic E-state index is -3.40. The Hall–Kier alpha value is -0.620. The molecular formula is C12H17ClN2O2S. The summed E-state index contributed by atoms with van der Waals surface area (Å²) in [5.41, 5.74) is 1.15. The van der Waals surface area contributed by atoms with Gasteiger partial charge in [-0.2, -0.15) is 0 Å². The van der Waals surface area contributed by atoms with Crippen LogP contribution >= 0.6 is 11.6 Å². The van der Waals surface area contributed by atoms with E-state index in [0.717, 1.165) is 5.56 Å². The second kappa shape index (κ2) is 5.57. The van der Waals surface area contributed by atoms with Gasteiger partial charge in [0, 0.05) is 17.6 Å². The lowest BCUT2D eigenvalue weighted by Gasteiger charge is -2.18. The highest BCUT2D eigenvalue weighted by atomic mass is 35.5. The van der Waals surface area contributed by atoms with Crippen LogP contribution in [0.5, 0.6) is 0 Å². The maximum Gasteiger partial charge on any atom is 0.210 e. The van der Waals surface area contributed by atoms with Crippen LogP contribution in [0.1, 0.15) is 24.4 Å². The first-order chi connectivity index (χ1) is 8.46. The zero-order chi connectivity index (χ0) is 13.2. The van der Waals surface area contributed by atoms with Gasteiger partial charge in [-0.15, -0.1) is 0 Å². The molecule has 0 saturated heterocycles. The van der Waals surface area contributed by atoms with Crippen LogP contribution in [0.2, 0.25) is 5.02 Å². The predicted molar refractivity (Wildman–Crippen MR) is 72.9 cm³/mol. The average Bonchev–Trinajstić information content (AvgIpc) is 3.08. The van der Waals surface area contributed by atoms with Crippen molar-refractivity contribution >= 4 is 21.6 Å². The standard InChI is InChI=1S/C12H17ClN2O2S/c13-11-5-3-10(4-6-11)12(9-1-2-9)15-7-8-18(14,16)17/h3-6,9,12,15H,1-2,7-8H2,(H2,14,16,17). The number of hydrogen-bond acceptors (Lipinski definition) is 3. The summed E-state index contributed by atoms with van der Waals surface area (Å²) < 4.78 is 21.8. The number of sulfonamides is 1. The summed E-state index contributed by atoms with van der Waals surface area (Å²) in [6, 6.07) is 7.87. The molecule has 1 fully saturated rings. The maximum absolute atomic E-state index is 10.9. The molecular weight excluding hydrogens is 272 g/mol. The highest BCUT2D eigenvalue weighted by molar-refractivity contribution is 7.89. The maximum atomic E-state index is 10.9. The molecule has 100 valence electrons. The van der Waals surface area contributed by atoms with Crippen molar-refractivity contribution < 1.29 is 8.42 Å². The molecule has 0 aromatic heterocycles. The second-order valence-corrected chi connectivity index (χ2v) is 6.86. The van der Waals surface area contributed by atoms with Crippen molar-refractivity contribution in [2.24, 2.45) is 11.1 Å². The van der Waals surface area contributed by atoms with E-state index in [4.69, 9.17) is 16.7 Å². The van der Waals surface area contributed by atoms with Crippen LogP contribution in [0.25, 0.3) is 0 Å². The zero-order valence-electron chi connectivity index (χ0n) is 9.97. The minimum Gasteiger partial charge on any atom is -0.309 e. The number of nitrogens with one attached hydrogen (secondary N) is 1. The Bertz CT molecular complexity index is 497. The van der Waals surface area contributed by atoms with E-state index in [1.807, 2.05) is 24.3 Å². The van der Waals surface area contributed by atoms with E-state index in [1.54, 1.807) is 0 Å². The lowest BCUT2D eigenvalue weighted by molar-refractivity contribution is 0.494. The van der Waals surface area contributed by atoms with Crippen LogP contribution < -0.4 is 10.5 Å². The third-order valence-electron chi connectivity index (χ3n) is 3.07. The molecule has 18 heavy (non-hydrogen) atoms. The van der Waals surface area contributed by atoms with Gasteiger partial charge in [0.05, 0.1) is 5.75 Å². The third kappa shape index (κ3) is 4.24. The van der Waals surface area contributed by atoms with Crippen molar-refractivity contribution in [1.82, 2.24) is 5.32 Å². The number of benzene rings is 1. The van der Waals surface area contributed by atoms with Crippen LogP contribution in [0, 0.1) is 5.92 Å². The highest BCUT2D eigenvalue weighted by Crippen LogP contribution is 2.41. The first-order valence-corrected chi connectivity index (χ1v) is 8.04. The number of primary sulfonamides is 1. The molecule has 6 heteroatoms. The SMILES string of the molecule is NS(=O)(=O)CCNC(c1ccc(Cl)cc1)C1CC1. The second-order valence-electron chi connectivity index (χ2n) is 4.69. The smallest absolute Gasteiger partial charge is 0.210 e. The van der Waals surface area contributed by atoms with Crippen molar-refractivity contribution in [3.8, 4) is 0 Å². The van der Waals surface area contributed by atoms with Crippen molar-refractivity contribution in [2.75, 3.05) is 12.3 Å². The molecule has 3 N–H and O–H groups in total. The van der Waals surface area contributed by atoms with E-state index >= 15 is 0 Å². The van der Waals surface area contributed by atoms with Crippen LogP contribution in [-0.2, 0) is 10.0 Å². The Labute approximate surface area is 113 Å². The van der Waals surface area contributed by atoms with E-state index in [-0.39, 0.29) is 11.8 Å². The summed E-state index contributed by atoms with van der Waals surface area (Å²) in [6.45, 7) is 0.378. The van der Waals surface area contributed by atoms with Gasteiger partial charge in [-0.25, -0.2) is 13.6 Å². The molecule has 1 aromatic rings. The van der Waals surface area contributed by atoms with Gasteiger partial charge in [0.25, 0.3) is 0 Å². The summed E-state index contributed by atoms with van der Waals surface area (Å²) in [4.78, 5) is 0. The van der Waals surface area contributed by atoms with Crippen LogP contribution in [0.4, 0.5) is 0 Å². The monoisotopic (exact) mass is 288 g/mol. The largest absolute Gasteiger partial charge is 0.309 e. The van der Waals surface area contributed by atoms with Crippen LogP contribution in [0.15, 0.2) is 24.3 Å². The molecule has 0 heterocycles. The van der Waals surface area contributed by atoms with Gasteiger partial charge in [-0.05, 0) is 36.5 Å². The topological polar surface area (TPSA) is 72.2 Å². The molecule has 0 radical (unpaired) electrons. The molecule has 1 aromatic carbocycles. The summed E-state index contributed by atoms with van der Waals surface area (Å²) in [5, 5.41) is 8.96. The number of rotatable bonds is 6. The van der Waals surface area contributed by atoms with Gasteiger partial charge in [-0.1, -0.05) is 23.7 Å². The summed E-state index contributed by atoms with van der Waals surface area (Å²) >= 11 is 5.86.